The van der Waals surface area contributed by atoms with E-state index in [1.54, 1.807) is 18.2 Å². The Morgan fingerprint density at radius 2 is 1.73 bits per heavy atom. The fourth-order valence-electron chi connectivity index (χ4n) is 3.68. The van der Waals surface area contributed by atoms with Gasteiger partial charge in [0.2, 0.25) is 10.0 Å². The van der Waals surface area contributed by atoms with E-state index in [4.69, 9.17) is 21.1 Å². The van der Waals surface area contributed by atoms with E-state index in [1.807, 2.05) is 0 Å². The molecule has 178 valence electrons. The number of hydrogen-bond acceptors (Lipinski definition) is 6. The summed E-state index contributed by atoms with van der Waals surface area (Å²) in [4.78, 5) is 24.6. The molecule has 0 aliphatic carbocycles. The number of halogens is 1. The zero-order valence-electron chi connectivity index (χ0n) is 18.6. The minimum Gasteiger partial charge on any atom is -0.496 e. The van der Waals surface area contributed by atoms with Crippen molar-refractivity contribution in [2.75, 3.05) is 27.3 Å². The SMILES string of the molecule is COC(=O)c1cc(CNC(=O)c2ccc(Cl)c(S(=O)(=O)N3CCCCCC3)c2)ccc1OC. The van der Waals surface area contributed by atoms with Gasteiger partial charge < -0.3 is 14.8 Å². The molecule has 0 spiro atoms. The van der Waals surface area contributed by atoms with Crippen LogP contribution in [0.5, 0.6) is 5.75 Å². The molecule has 1 N–H and O–H groups in total. The predicted molar refractivity (Wildman–Crippen MR) is 124 cm³/mol. The number of esters is 1. The molecule has 1 amide bonds. The lowest BCUT2D eigenvalue weighted by molar-refractivity contribution is 0.0597. The van der Waals surface area contributed by atoms with Gasteiger partial charge >= 0.3 is 5.97 Å². The Balaban J connectivity index is 1.78. The predicted octanol–water partition coefficient (Wildman–Crippen LogP) is 3.63. The van der Waals surface area contributed by atoms with Crippen LogP contribution in [0.25, 0.3) is 0 Å². The van der Waals surface area contributed by atoms with Crippen molar-refractivity contribution in [3.05, 3.63) is 58.1 Å². The van der Waals surface area contributed by atoms with Crippen LogP contribution in [0.15, 0.2) is 41.3 Å². The minimum atomic E-state index is -3.81. The van der Waals surface area contributed by atoms with Crippen LogP contribution < -0.4 is 10.1 Å². The number of methoxy groups -OCH3 is 2. The normalized spacial score (nSPS) is 14.9. The molecule has 33 heavy (non-hydrogen) atoms. The summed E-state index contributed by atoms with van der Waals surface area (Å²) in [6.45, 7) is 0.994. The van der Waals surface area contributed by atoms with E-state index in [1.165, 1.54) is 36.7 Å². The van der Waals surface area contributed by atoms with Crippen LogP contribution in [0.1, 0.15) is 52.0 Å². The van der Waals surface area contributed by atoms with Crippen molar-refractivity contribution >= 4 is 33.5 Å². The molecular formula is C23H27ClN2O6S. The quantitative estimate of drug-likeness (QED) is 0.590. The summed E-state index contributed by atoms with van der Waals surface area (Å²) in [7, 11) is -1.09. The lowest BCUT2D eigenvalue weighted by atomic mass is 10.1. The van der Waals surface area contributed by atoms with Gasteiger partial charge in [-0.1, -0.05) is 30.5 Å². The van der Waals surface area contributed by atoms with E-state index >= 15 is 0 Å². The average Bonchev–Trinajstić information content (AvgIpc) is 3.12. The Morgan fingerprint density at radius 1 is 1.03 bits per heavy atom. The van der Waals surface area contributed by atoms with Crippen LogP contribution in [0.4, 0.5) is 0 Å². The van der Waals surface area contributed by atoms with E-state index in [0.29, 0.717) is 24.4 Å². The highest BCUT2D eigenvalue weighted by Gasteiger charge is 2.28. The largest absolute Gasteiger partial charge is 0.496 e. The summed E-state index contributed by atoms with van der Waals surface area (Å²) in [5.41, 5.74) is 1.06. The molecule has 1 aliphatic rings. The van der Waals surface area contributed by atoms with Crippen molar-refractivity contribution in [2.45, 2.75) is 37.1 Å². The van der Waals surface area contributed by atoms with Crippen molar-refractivity contribution in [3.63, 3.8) is 0 Å². The van der Waals surface area contributed by atoms with Crippen molar-refractivity contribution in [1.82, 2.24) is 9.62 Å². The van der Waals surface area contributed by atoms with Crippen molar-refractivity contribution in [3.8, 4) is 5.75 Å². The summed E-state index contributed by atoms with van der Waals surface area (Å²) < 4.78 is 37.7. The molecule has 0 aromatic heterocycles. The fourth-order valence-corrected chi connectivity index (χ4v) is 5.70. The second-order valence-corrected chi connectivity index (χ2v) is 9.99. The highest BCUT2D eigenvalue weighted by molar-refractivity contribution is 7.89. The third-order valence-electron chi connectivity index (χ3n) is 5.50. The molecule has 3 rings (SSSR count). The first kappa shape index (κ1) is 25.0. The highest BCUT2D eigenvalue weighted by Crippen LogP contribution is 2.28. The Kier molecular flexibility index (Phi) is 8.34. The summed E-state index contributed by atoms with van der Waals surface area (Å²) in [6.07, 6.45) is 3.58. The zero-order valence-corrected chi connectivity index (χ0v) is 20.2. The van der Waals surface area contributed by atoms with Crippen molar-refractivity contribution in [2.24, 2.45) is 0 Å². The van der Waals surface area contributed by atoms with Crippen LogP contribution in [-0.2, 0) is 21.3 Å². The standard InChI is InChI=1S/C23H27ClN2O6S/c1-31-20-10-7-16(13-18(20)23(28)32-2)15-25-22(27)17-8-9-19(24)21(14-17)33(29,30)26-11-5-3-4-6-12-26/h7-10,13-14H,3-6,11-12,15H2,1-2H3,(H,25,27). The molecule has 0 bridgehead atoms. The Hall–Kier alpha value is -2.62. The van der Waals surface area contributed by atoms with Gasteiger partial charge in [0.1, 0.15) is 16.2 Å². The average molecular weight is 495 g/mol. The van der Waals surface area contributed by atoms with E-state index in [2.05, 4.69) is 5.32 Å². The molecule has 1 saturated heterocycles. The van der Waals surface area contributed by atoms with E-state index in [-0.39, 0.29) is 27.6 Å². The number of nitrogens with one attached hydrogen (secondary N) is 1. The minimum absolute atomic E-state index is 0.0730. The van der Waals surface area contributed by atoms with Crippen molar-refractivity contribution in [1.29, 1.82) is 0 Å². The van der Waals surface area contributed by atoms with E-state index < -0.39 is 21.9 Å². The van der Waals surface area contributed by atoms with Gasteiger partial charge in [0.05, 0.1) is 19.2 Å². The van der Waals surface area contributed by atoms with E-state index in [0.717, 1.165) is 25.7 Å². The Bertz CT molecular complexity index is 1130. The van der Waals surface area contributed by atoms with Crippen LogP contribution in [0.3, 0.4) is 0 Å². The molecule has 1 fully saturated rings. The van der Waals surface area contributed by atoms with Crippen LogP contribution in [0, 0.1) is 0 Å². The van der Waals surface area contributed by atoms with Gasteiger partial charge in [0.15, 0.2) is 0 Å². The van der Waals surface area contributed by atoms with Crippen molar-refractivity contribution < 1.29 is 27.5 Å². The number of rotatable bonds is 7. The molecule has 0 atom stereocenters. The van der Waals surface area contributed by atoms with Gasteiger partial charge in [-0.2, -0.15) is 4.31 Å². The number of amides is 1. The molecule has 8 nitrogen and oxygen atoms in total. The molecule has 10 heteroatoms. The molecule has 2 aromatic carbocycles. The van der Waals surface area contributed by atoms with Crippen LogP contribution >= 0.6 is 11.6 Å². The number of ether oxygens (including phenoxy) is 2. The first-order chi connectivity index (χ1) is 15.8. The number of carbonyl (C=O) groups excluding carboxylic acids is 2. The molecular weight excluding hydrogens is 468 g/mol. The lowest BCUT2D eigenvalue weighted by Crippen LogP contribution is -2.32. The molecule has 1 aliphatic heterocycles. The maximum absolute atomic E-state index is 13.2. The molecule has 1 heterocycles. The molecule has 2 aromatic rings. The second-order valence-electron chi connectivity index (χ2n) is 7.67. The van der Waals surface area contributed by atoms with Gasteiger partial charge in [-0.15, -0.1) is 0 Å². The first-order valence-electron chi connectivity index (χ1n) is 10.6. The Morgan fingerprint density at radius 3 is 2.36 bits per heavy atom. The Labute approximate surface area is 198 Å². The van der Waals surface area contributed by atoms with Crippen LogP contribution in [-0.4, -0.2) is 51.9 Å². The smallest absolute Gasteiger partial charge is 0.341 e. The lowest BCUT2D eigenvalue weighted by Gasteiger charge is -2.21. The second kappa shape index (κ2) is 11.0. The third-order valence-corrected chi connectivity index (χ3v) is 7.88. The number of hydrogen-bond donors (Lipinski definition) is 1. The number of nitrogens with zero attached hydrogens (tertiary/aromatic N) is 1. The van der Waals surface area contributed by atoms with Crippen LogP contribution in [0.2, 0.25) is 5.02 Å². The van der Waals surface area contributed by atoms with Gasteiger partial charge in [-0.3, -0.25) is 4.79 Å². The number of benzene rings is 2. The van der Waals surface area contributed by atoms with Gasteiger partial charge in [-0.25, -0.2) is 13.2 Å². The maximum atomic E-state index is 13.2. The first-order valence-corrected chi connectivity index (χ1v) is 12.4. The van der Waals surface area contributed by atoms with Gasteiger partial charge in [-0.05, 0) is 48.7 Å². The molecule has 0 saturated carbocycles. The molecule has 0 unspecified atom stereocenters. The summed E-state index contributed by atoms with van der Waals surface area (Å²) in [6, 6.07) is 9.11. The fraction of sp³-hybridized carbons (Fsp3) is 0.391. The number of carbonyl (C=O) groups is 2. The maximum Gasteiger partial charge on any atom is 0.341 e. The summed E-state index contributed by atoms with van der Waals surface area (Å²) in [5.74, 6) is -0.659. The highest BCUT2D eigenvalue weighted by atomic mass is 35.5. The topological polar surface area (TPSA) is 102 Å². The van der Waals surface area contributed by atoms with Gasteiger partial charge in [0.25, 0.3) is 5.91 Å². The monoisotopic (exact) mass is 494 g/mol. The zero-order chi connectivity index (χ0) is 24.0. The number of sulfonamides is 1. The summed E-state index contributed by atoms with van der Waals surface area (Å²) in [5, 5.41) is 2.82. The third kappa shape index (κ3) is 5.85. The molecule has 0 radical (unpaired) electrons. The van der Waals surface area contributed by atoms with E-state index in [9.17, 15) is 18.0 Å². The summed E-state index contributed by atoms with van der Waals surface area (Å²) >= 11 is 6.21. The van der Waals surface area contributed by atoms with Gasteiger partial charge in [0, 0.05) is 25.2 Å².